The van der Waals surface area contributed by atoms with Crippen molar-refractivity contribution in [2.75, 3.05) is 0 Å². The van der Waals surface area contributed by atoms with Crippen molar-refractivity contribution in [3.8, 4) is 0 Å². The van der Waals surface area contributed by atoms with Crippen LogP contribution in [0.15, 0.2) is 22.2 Å². The molecule has 0 saturated heterocycles. The summed E-state index contributed by atoms with van der Waals surface area (Å²) >= 11 is 0. The fourth-order valence-corrected chi connectivity index (χ4v) is 0.568. The first-order valence-electron chi connectivity index (χ1n) is 2.66. The van der Waals surface area contributed by atoms with Crippen molar-refractivity contribution in [1.29, 1.82) is 0 Å². The van der Waals surface area contributed by atoms with E-state index >= 15 is 0 Å². The molecule has 0 aromatic carbocycles. The van der Waals surface area contributed by atoms with E-state index < -0.39 is 5.69 Å². The van der Waals surface area contributed by atoms with Crippen molar-refractivity contribution >= 4 is 0 Å². The molecule has 1 N–H and O–H groups in total. The summed E-state index contributed by atoms with van der Waals surface area (Å²) in [6.07, 6.45) is 1.33. The van der Waals surface area contributed by atoms with Gasteiger partial charge in [0.25, 0.3) is 0 Å². The molecular weight excluding hydrogens is 134 g/mol. The van der Waals surface area contributed by atoms with Crippen LogP contribution in [0.1, 0.15) is 5.69 Å². The molecule has 0 atom stereocenters. The molecule has 1 rings (SSSR count). The maximum atomic E-state index is 10.5. The quantitative estimate of drug-likeness (QED) is 0.587. The number of nitrogens with zero attached hydrogens (tertiary/aromatic N) is 2. The molecule has 0 fully saturated rings. The standard InChI is InChI=1S/C5H5N3O2/c9-5-6-2-1-4(8-5)3-7-10/h1-2H,3H2,(H,6,8,9). The normalized spacial score (nSPS) is 9.20. The summed E-state index contributed by atoms with van der Waals surface area (Å²) in [5, 5.41) is 2.60. The Morgan fingerprint density at radius 3 is 3.10 bits per heavy atom. The van der Waals surface area contributed by atoms with Crippen LogP contribution in [0.25, 0.3) is 0 Å². The summed E-state index contributed by atoms with van der Waals surface area (Å²) in [5.41, 5.74) is 0.0242. The van der Waals surface area contributed by atoms with Gasteiger partial charge in [0.2, 0.25) is 0 Å². The maximum absolute atomic E-state index is 10.5. The summed E-state index contributed by atoms with van der Waals surface area (Å²) < 4.78 is 0. The molecule has 5 heteroatoms. The lowest BCUT2D eigenvalue weighted by molar-refractivity contribution is 0.926. The van der Waals surface area contributed by atoms with E-state index in [1.54, 1.807) is 0 Å². The average molecular weight is 139 g/mol. The number of hydrogen-bond acceptors (Lipinski definition) is 4. The second kappa shape index (κ2) is 2.86. The largest absolute Gasteiger partial charge is 0.345 e. The fraction of sp³-hybridized carbons (Fsp3) is 0.200. The Kier molecular flexibility index (Phi) is 1.89. The van der Waals surface area contributed by atoms with Crippen molar-refractivity contribution in [3.05, 3.63) is 33.3 Å². The van der Waals surface area contributed by atoms with Crippen LogP contribution in [0, 0.1) is 4.91 Å². The average Bonchev–Trinajstić information content (AvgIpc) is 1.88. The zero-order valence-corrected chi connectivity index (χ0v) is 5.07. The minimum Gasteiger partial charge on any atom is -0.308 e. The van der Waals surface area contributed by atoms with Crippen LogP contribution >= 0.6 is 0 Å². The van der Waals surface area contributed by atoms with Crippen LogP contribution in [0.3, 0.4) is 0 Å². The summed E-state index contributed by atoms with van der Waals surface area (Å²) in [6.45, 7) is -0.0161. The SMILES string of the molecule is O=NCc1ccnc(=O)[nH]1. The smallest absolute Gasteiger partial charge is 0.308 e. The molecule has 0 aliphatic carbocycles. The predicted octanol–water partition coefficient (Wildman–Crippen LogP) is 0.0363. The molecule has 0 unspecified atom stereocenters. The molecule has 0 spiro atoms. The number of H-pyrrole nitrogens is 1. The monoisotopic (exact) mass is 139 g/mol. The highest BCUT2D eigenvalue weighted by molar-refractivity contribution is 4.96. The van der Waals surface area contributed by atoms with Crippen molar-refractivity contribution < 1.29 is 0 Å². The number of hydrogen-bond donors (Lipinski definition) is 1. The van der Waals surface area contributed by atoms with Gasteiger partial charge in [0.05, 0.1) is 0 Å². The lowest BCUT2D eigenvalue weighted by Crippen LogP contribution is -2.10. The van der Waals surface area contributed by atoms with Crippen LogP contribution in [-0.4, -0.2) is 9.97 Å². The molecule has 10 heavy (non-hydrogen) atoms. The van der Waals surface area contributed by atoms with Crippen molar-refractivity contribution in [2.45, 2.75) is 6.54 Å². The van der Waals surface area contributed by atoms with E-state index in [2.05, 4.69) is 15.1 Å². The topological polar surface area (TPSA) is 75.2 Å². The third kappa shape index (κ3) is 1.48. The van der Waals surface area contributed by atoms with Crippen LogP contribution < -0.4 is 5.69 Å². The summed E-state index contributed by atoms with van der Waals surface area (Å²) in [6, 6.07) is 1.53. The second-order valence-electron chi connectivity index (χ2n) is 1.69. The van der Waals surface area contributed by atoms with Gasteiger partial charge in [0, 0.05) is 11.9 Å². The summed E-state index contributed by atoms with van der Waals surface area (Å²) in [5.74, 6) is 0. The third-order valence-corrected chi connectivity index (χ3v) is 0.970. The van der Waals surface area contributed by atoms with Gasteiger partial charge in [0.1, 0.15) is 6.54 Å². The van der Waals surface area contributed by atoms with Gasteiger partial charge >= 0.3 is 5.69 Å². The van der Waals surface area contributed by atoms with E-state index in [0.29, 0.717) is 5.69 Å². The molecule has 5 nitrogen and oxygen atoms in total. The first kappa shape index (κ1) is 6.60. The van der Waals surface area contributed by atoms with Crippen LogP contribution in [0.5, 0.6) is 0 Å². The molecule has 0 aliphatic heterocycles. The Bertz CT molecular complexity index is 280. The minimum absolute atomic E-state index is 0.0161. The van der Waals surface area contributed by atoms with Crippen molar-refractivity contribution in [2.24, 2.45) is 5.18 Å². The van der Waals surface area contributed by atoms with Gasteiger partial charge in [-0.3, -0.25) is 0 Å². The van der Waals surface area contributed by atoms with E-state index in [4.69, 9.17) is 0 Å². The highest BCUT2D eigenvalue weighted by atomic mass is 16.3. The van der Waals surface area contributed by atoms with Crippen molar-refractivity contribution in [1.82, 2.24) is 9.97 Å². The maximum Gasteiger partial charge on any atom is 0.345 e. The molecule has 1 aromatic heterocycles. The lowest BCUT2D eigenvalue weighted by Gasteiger charge is -1.88. The zero-order chi connectivity index (χ0) is 7.40. The highest BCUT2D eigenvalue weighted by Crippen LogP contribution is 1.89. The summed E-state index contributed by atoms with van der Waals surface area (Å²) in [7, 11) is 0. The van der Waals surface area contributed by atoms with Gasteiger partial charge in [-0.1, -0.05) is 5.18 Å². The first-order valence-corrected chi connectivity index (χ1v) is 2.66. The molecule has 0 amide bonds. The molecule has 1 aromatic rings. The molecular formula is C5H5N3O2. The highest BCUT2D eigenvalue weighted by Gasteiger charge is 1.90. The van der Waals surface area contributed by atoms with Crippen LogP contribution in [-0.2, 0) is 6.54 Å². The number of aromatic nitrogens is 2. The van der Waals surface area contributed by atoms with E-state index in [9.17, 15) is 9.70 Å². The Balaban J connectivity index is 2.95. The molecule has 0 aliphatic rings. The van der Waals surface area contributed by atoms with Crippen LogP contribution in [0.4, 0.5) is 0 Å². The van der Waals surface area contributed by atoms with Gasteiger partial charge in [0.15, 0.2) is 0 Å². The molecule has 0 radical (unpaired) electrons. The molecule has 52 valence electrons. The van der Waals surface area contributed by atoms with Crippen LogP contribution in [0.2, 0.25) is 0 Å². The van der Waals surface area contributed by atoms with E-state index in [-0.39, 0.29) is 6.54 Å². The van der Waals surface area contributed by atoms with Gasteiger partial charge in [-0.15, -0.1) is 0 Å². The first-order chi connectivity index (χ1) is 4.83. The zero-order valence-electron chi connectivity index (χ0n) is 5.07. The van der Waals surface area contributed by atoms with Gasteiger partial charge in [-0.25, -0.2) is 9.78 Å². The van der Waals surface area contributed by atoms with E-state index in [1.165, 1.54) is 12.3 Å². The Labute approximate surface area is 56.1 Å². The molecule has 0 saturated carbocycles. The summed E-state index contributed by atoms with van der Waals surface area (Å²) in [4.78, 5) is 25.9. The fourth-order valence-electron chi connectivity index (χ4n) is 0.568. The number of rotatable bonds is 2. The van der Waals surface area contributed by atoms with Crippen molar-refractivity contribution in [3.63, 3.8) is 0 Å². The van der Waals surface area contributed by atoms with E-state index in [1.807, 2.05) is 0 Å². The predicted molar refractivity (Wildman–Crippen MR) is 34.4 cm³/mol. The number of nitroso groups, excluding NO2 is 1. The van der Waals surface area contributed by atoms with Gasteiger partial charge in [-0.2, -0.15) is 4.91 Å². The Morgan fingerprint density at radius 1 is 1.70 bits per heavy atom. The minimum atomic E-state index is -0.457. The number of aromatic amines is 1. The number of nitrogens with one attached hydrogen (secondary N) is 1. The Morgan fingerprint density at radius 2 is 2.50 bits per heavy atom. The molecule has 1 heterocycles. The van der Waals surface area contributed by atoms with E-state index in [0.717, 1.165) is 0 Å². The lowest BCUT2D eigenvalue weighted by atomic mass is 10.4. The van der Waals surface area contributed by atoms with Gasteiger partial charge in [-0.05, 0) is 6.07 Å². The third-order valence-electron chi connectivity index (χ3n) is 0.970. The molecule has 0 bridgehead atoms. The Hall–Kier alpha value is -1.52. The second-order valence-corrected chi connectivity index (χ2v) is 1.69. The van der Waals surface area contributed by atoms with Gasteiger partial charge < -0.3 is 4.98 Å².